The van der Waals surface area contributed by atoms with E-state index in [1.165, 1.54) is 5.56 Å². The van der Waals surface area contributed by atoms with Crippen LogP contribution in [0.1, 0.15) is 24.4 Å². The summed E-state index contributed by atoms with van der Waals surface area (Å²) in [7, 11) is 3.32. The molecule has 1 aromatic rings. The lowest BCUT2D eigenvalue weighted by Gasteiger charge is -2.25. The number of amides is 1. The van der Waals surface area contributed by atoms with Crippen LogP contribution < -0.4 is 10.1 Å². The number of likely N-dealkylation sites (tertiary alicyclic amines) is 1. The normalized spacial score (nSPS) is 17.2. The van der Waals surface area contributed by atoms with Gasteiger partial charge in [-0.25, -0.2) is 0 Å². The van der Waals surface area contributed by atoms with Crippen LogP contribution in [-0.2, 0) is 9.53 Å². The third-order valence-corrected chi connectivity index (χ3v) is 3.83. The van der Waals surface area contributed by atoms with E-state index in [0.717, 1.165) is 25.1 Å². The van der Waals surface area contributed by atoms with Crippen molar-refractivity contribution >= 4 is 18.3 Å². The molecule has 5 nitrogen and oxygen atoms in total. The molecule has 22 heavy (non-hydrogen) atoms. The zero-order chi connectivity index (χ0) is 15.1. The number of nitrogens with zero attached hydrogens (tertiary/aromatic N) is 1. The van der Waals surface area contributed by atoms with Crippen molar-refractivity contribution in [2.24, 2.45) is 0 Å². The first-order valence-corrected chi connectivity index (χ1v) is 7.39. The van der Waals surface area contributed by atoms with Crippen molar-refractivity contribution in [3.8, 4) is 5.75 Å². The van der Waals surface area contributed by atoms with Crippen molar-refractivity contribution in [1.29, 1.82) is 0 Å². The number of hydrogen-bond donors (Lipinski definition) is 1. The summed E-state index contributed by atoms with van der Waals surface area (Å²) >= 11 is 0. The Balaban J connectivity index is 0.00000242. The van der Waals surface area contributed by atoms with Gasteiger partial charge in [-0.3, -0.25) is 4.79 Å². The number of benzene rings is 1. The molecule has 1 aromatic carbocycles. The Morgan fingerprint density at radius 1 is 1.32 bits per heavy atom. The lowest BCUT2D eigenvalue weighted by Crippen LogP contribution is -2.38. The minimum absolute atomic E-state index is 0. The minimum atomic E-state index is 0. The van der Waals surface area contributed by atoms with Crippen LogP contribution in [0.5, 0.6) is 5.75 Å². The highest BCUT2D eigenvalue weighted by Crippen LogP contribution is 2.32. The van der Waals surface area contributed by atoms with Gasteiger partial charge in [0.05, 0.1) is 26.3 Å². The Hall–Kier alpha value is -1.30. The minimum Gasteiger partial charge on any atom is -0.497 e. The first-order valence-electron chi connectivity index (χ1n) is 7.39. The largest absolute Gasteiger partial charge is 0.497 e. The standard InChI is InChI=1S/C16H24N2O3.ClH/c1-20-11-9-17-12-16(19)18-10-3-4-15(18)13-5-7-14(21-2)8-6-13;/h5-8,15,17H,3-4,9-12H2,1-2H3;1H. The number of carbonyl (C=O) groups excluding carboxylic acids is 1. The van der Waals surface area contributed by atoms with Crippen molar-refractivity contribution in [3.63, 3.8) is 0 Å². The fourth-order valence-corrected chi connectivity index (χ4v) is 2.71. The quantitative estimate of drug-likeness (QED) is 0.778. The fourth-order valence-electron chi connectivity index (χ4n) is 2.71. The maximum Gasteiger partial charge on any atom is 0.237 e. The van der Waals surface area contributed by atoms with Gasteiger partial charge < -0.3 is 19.7 Å². The van der Waals surface area contributed by atoms with Gasteiger partial charge in [0.15, 0.2) is 0 Å². The van der Waals surface area contributed by atoms with Crippen LogP contribution in [-0.4, -0.2) is 51.3 Å². The molecule has 6 heteroatoms. The van der Waals surface area contributed by atoms with E-state index in [9.17, 15) is 4.79 Å². The molecule has 2 rings (SSSR count). The molecule has 0 aromatic heterocycles. The van der Waals surface area contributed by atoms with Crippen molar-refractivity contribution in [2.45, 2.75) is 18.9 Å². The van der Waals surface area contributed by atoms with E-state index >= 15 is 0 Å². The van der Waals surface area contributed by atoms with Crippen LogP contribution >= 0.6 is 12.4 Å². The molecular formula is C16H25ClN2O3. The predicted molar refractivity (Wildman–Crippen MR) is 88.7 cm³/mol. The van der Waals surface area contributed by atoms with Crippen LogP contribution in [0.25, 0.3) is 0 Å². The molecular weight excluding hydrogens is 304 g/mol. The van der Waals surface area contributed by atoms with Crippen molar-refractivity contribution in [2.75, 3.05) is 40.5 Å². The number of halogens is 1. The molecule has 1 aliphatic heterocycles. The second-order valence-electron chi connectivity index (χ2n) is 5.19. The first-order chi connectivity index (χ1) is 10.3. The highest BCUT2D eigenvalue weighted by Gasteiger charge is 2.29. The summed E-state index contributed by atoms with van der Waals surface area (Å²) in [6.45, 7) is 2.52. The van der Waals surface area contributed by atoms with E-state index in [-0.39, 0.29) is 24.4 Å². The Kier molecular flexibility index (Phi) is 8.24. The van der Waals surface area contributed by atoms with Gasteiger partial charge in [-0.05, 0) is 30.5 Å². The van der Waals surface area contributed by atoms with Gasteiger partial charge in [0.2, 0.25) is 5.91 Å². The molecule has 0 aliphatic carbocycles. The SMILES string of the molecule is COCCNCC(=O)N1CCCC1c1ccc(OC)cc1.Cl. The molecule has 0 spiro atoms. The predicted octanol–water partition coefficient (Wildman–Crippen LogP) is 2.02. The number of methoxy groups -OCH3 is 2. The number of nitrogens with one attached hydrogen (secondary N) is 1. The molecule has 1 saturated heterocycles. The molecule has 1 unspecified atom stereocenters. The van der Waals surface area contributed by atoms with Crippen molar-refractivity contribution < 1.29 is 14.3 Å². The number of carbonyl (C=O) groups is 1. The van der Waals surface area contributed by atoms with Crippen LogP contribution in [0.4, 0.5) is 0 Å². The second kappa shape index (κ2) is 9.66. The molecule has 1 amide bonds. The molecule has 0 bridgehead atoms. The van der Waals surface area contributed by atoms with E-state index in [1.54, 1.807) is 14.2 Å². The lowest BCUT2D eigenvalue weighted by molar-refractivity contribution is -0.131. The highest BCUT2D eigenvalue weighted by molar-refractivity contribution is 5.85. The fraction of sp³-hybridized carbons (Fsp3) is 0.562. The van der Waals surface area contributed by atoms with Gasteiger partial charge in [0.1, 0.15) is 5.75 Å². The molecule has 1 fully saturated rings. The highest BCUT2D eigenvalue weighted by atomic mass is 35.5. The van der Waals surface area contributed by atoms with E-state index < -0.39 is 0 Å². The van der Waals surface area contributed by atoms with Gasteiger partial charge in [-0.2, -0.15) is 0 Å². The average molecular weight is 329 g/mol. The number of hydrogen-bond acceptors (Lipinski definition) is 4. The van der Waals surface area contributed by atoms with Crippen LogP contribution in [0, 0.1) is 0 Å². The Morgan fingerprint density at radius 2 is 2.05 bits per heavy atom. The zero-order valence-electron chi connectivity index (χ0n) is 13.2. The summed E-state index contributed by atoms with van der Waals surface area (Å²) in [5.41, 5.74) is 1.18. The summed E-state index contributed by atoms with van der Waals surface area (Å²) in [6, 6.07) is 8.19. The topological polar surface area (TPSA) is 50.8 Å². The number of ether oxygens (including phenoxy) is 2. The molecule has 1 atom stereocenters. The summed E-state index contributed by atoms with van der Waals surface area (Å²) in [5, 5.41) is 3.12. The van der Waals surface area contributed by atoms with Gasteiger partial charge in [0, 0.05) is 20.2 Å². The molecule has 124 valence electrons. The van der Waals surface area contributed by atoms with Gasteiger partial charge >= 0.3 is 0 Å². The van der Waals surface area contributed by atoms with Crippen LogP contribution in [0.3, 0.4) is 0 Å². The molecule has 0 radical (unpaired) electrons. The van der Waals surface area contributed by atoms with Gasteiger partial charge in [-0.15, -0.1) is 12.4 Å². The molecule has 0 saturated carbocycles. The van der Waals surface area contributed by atoms with Crippen LogP contribution in [0.2, 0.25) is 0 Å². The van der Waals surface area contributed by atoms with E-state index in [0.29, 0.717) is 19.7 Å². The average Bonchev–Trinajstić information content (AvgIpc) is 3.01. The summed E-state index contributed by atoms with van der Waals surface area (Å²) < 4.78 is 10.1. The van der Waals surface area contributed by atoms with E-state index in [4.69, 9.17) is 9.47 Å². The second-order valence-corrected chi connectivity index (χ2v) is 5.19. The molecule has 1 aliphatic rings. The van der Waals surface area contributed by atoms with E-state index in [1.807, 2.05) is 29.2 Å². The Labute approximate surface area is 138 Å². The van der Waals surface area contributed by atoms with E-state index in [2.05, 4.69) is 5.32 Å². The van der Waals surface area contributed by atoms with Gasteiger partial charge in [-0.1, -0.05) is 12.1 Å². The smallest absolute Gasteiger partial charge is 0.237 e. The third kappa shape index (κ3) is 4.87. The van der Waals surface area contributed by atoms with Crippen LogP contribution in [0.15, 0.2) is 24.3 Å². The Bertz CT molecular complexity index is 453. The summed E-state index contributed by atoms with van der Waals surface area (Å²) in [4.78, 5) is 14.3. The van der Waals surface area contributed by atoms with Gasteiger partial charge in [0.25, 0.3) is 0 Å². The Morgan fingerprint density at radius 3 is 2.68 bits per heavy atom. The number of rotatable bonds is 7. The maximum absolute atomic E-state index is 12.3. The molecule has 1 N–H and O–H groups in total. The lowest BCUT2D eigenvalue weighted by atomic mass is 10.0. The summed E-state index contributed by atoms with van der Waals surface area (Å²) in [5.74, 6) is 1.00. The first kappa shape index (κ1) is 18.7. The monoisotopic (exact) mass is 328 g/mol. The van der Waals surface area contributed by atoms with Crippen molar-refractivity contribution in [3.05, 3.63) is 29.8 Å². The zero-order valence-corrected chi connectivity index (χ0v) is 14.0. The molecule has 1 heterocycles. The third-order valence-electron chi connectivity index (χ3n) is 3.83. The van der Waals surface area contributed by atoms with Crippen molar-refractivity contribution in [1.82, 2.24) is 10.2 Å². The summed E-state index contributed by atoms with van der Waals surface area (Å²) in [6.07, 6.45) is 2.08. The maximum atomic E-state index is 12.3.